The van der Waals surface area contributed by atoms with Crippen LogP contribution in [0.2, 0.25) is 0 Å². The van der Waals surface area contributed by atoms with Crippen molar-refractivity contribution in [2.24, 2.45) is 11.8 Å². The van der Waals surface area contributed by atoms with Gasteiger partial charge in [0.2, 0.25) is 5.91 Å². The summed E-state index contributed by atoms with van der Waals surface area (Å²) in [5.41, 5.74) is 0. The van der Waals surface area contributed by atoms with E-state index in [-0.39, 0.29) is 5.91 Å². The van der Waals surface area contributed by atoms with Crippen molar-refractivity contribution in [2.45, 2.75) is 85.5 Å². The number of hydrogen-bond donors (Lipinski definition) is 1. The summed E-state index contributed by atoms with van der Waals surface area (Å²) < 4.78 is 0. The zero-order chi connectivity index (χ0) is 14.5. The molecule has 19 heavy (non-hydrogen) atoms. The summed E-state index contributed by atoms with van der Waals surface area (Å²) in [5.74, 6) is 1.70. The molecule has 0 saturated heterocycles. The molecule has 0 spiro atoms. The maximum Gasteiger partial charge on any atom is 0.220 e. The van der Waals surface area contributed by atoms with E-state index in [0.717, 1.165) is 25.3 Å². The van der Waals surface area contributed by atoms with Crippen molar-refractivity contribution in [1.29, 1.82) is 0 Å². The lowest BCUT2D eigenvalue weighted by Gasteiger charge is -2.07. The average molecular weight is 269 g/mol. The second-order valence-corrected chi connectivity index (χ2v) is 6.59. The summed E-state index contributed by atoms with van der Waals surface area (Å²) in [6.07, 6.45) is 10.9. The zero-order valence-electron chi connectivity index (χ0n) is 13.6. The van der Waals surface area contributed by atoms with Crippen LogP contribution in [-0.2, 0) is 4.79 Å². The van der Waals surface area contributed by atoms with Gasteiger partial charge in [0.1, 0.15) is 0 Å². The molecule has 2 heteroatoms. The van der Waals surface area contributed by atoms with Gasteiger partial charge < -0.3 is 5.32 Å². The van der Waals surface area contributed by atoms with Crippen LogP contribution >= 0.6 is 0 Å². The van der Waals surface area contributed by atoms with E-state index in [0.29, 0.717) is 12.3 Å². The maximum atomic E-state index is 11.5. The second-order valence-electron chi connectivity index (χ2n) is 6.59. The molecule has 114 valence electrons. The third-order valence-corrected chi connectivity index (χ3v) is 3.48. The fourth-order valence-corrected chi connectivity index (χ4v) is 2.12. The molecule has 1 amide bonds. The van der Waals surface area contributed by atoms with Gasteiger partial charge >= 0.3 is 0 Å². The first-order chi connectivity index (χ1) is 9.02. The summed E-state index contributed by atoms with van der Waals surface area (Å²) in [6.45, 7) is 9.77. The first-order valence-corrected chi connectivity index (χ1v) is 8.29. The largest absolute Gasteiger partial charge is 0.356 e. The van der Waals surface area contributed by atoms with Gasteiger partial charge in [-0.3, -0.25) is 4.79 Å². The molecule has 0 unspecified atom stereocenters. The normalized spacial score (nSPS) is 11.3. The number of nitrogens with one attached hydrogen (secondary N) is 1. The van der Waals surface area contributed by atoms with Gasteiger partial charge in [0, 0.05) is 13.0 Å². The summed E-state index contributed by atoms with van der Waals surface area (Å²) in [7, 11) is 0. The molecule has 0 fully saturated rings. The van der Waals surface area contributed by atoms with E-state index in [4.69, 9.17) is 0 Å². The van der Waals surface area contributed by atoms with E-state index in [1.807, 2.05) is 0 Å². The van der Waals surface area contributed by atoms with Crippen LogP contribution in [0, 0.1) is 11.8 Å². The molecule has 0 radical (unpaired) electrons. The van der Waals surface area contributed by atoms with Crippen LogP contribution in [0.15, 0.2) is 0 Å². The average Bonchev–Trinajstić information content (AvgIpc) is 2.34. The van der Waals surface area contributed by atoms with Crippen molar-refractivity contribution in [3.63, 3.8) is 0 Å². The molecular formula is C17H35NO. The minimum absolute atomic E-state index is 0.227. The Bertz CT molecular complexity index is 211. The quantitative estimate of drug-likeness (QED) is 0.500. The fraction of sp³-hybridized carbons (Fsp3) is 0.941. The fourth-order valence-electron chi connectivity index (χ4n) is 2.12. The summed E-state index contributed by atoms with van der Waals surface area (Å²) in [6, 6.07) is 0. The molecule has 0 bridgehead atoms. The Balaban J connectivity index is 3.16. The van der Waals surface area contributed by atoms with Crippen LogP contribution in [0.4, 0.5) is 0 Å². The van der Waals surface area contributed by atoms with E-state index >= 15 is 0 Å². The Labute approximate surface area is 120 Å². The first-order valence-electron chi connectivity index (χ1n) is 8.29. The predicted molar refractivity (Wildman–Crippen MR) is 84.2 cm³/mol. The maximum absolute atomic E-state index is 11.5. The van der Waals surface area contributed by atoms with Crippen LogP contribution < -0.4 is 5.32 Å². The molecule has 0 rings (SSSR count). The number of rotatable bonds is 12. The highest BCUT2D eigenvalue weighted by Gasteiger charge is 2.02. The van der Waals surface area contributed by atoms with Crippen molar-refractivity contribution >= 4 is 5.91 Å². The van der Waals surface area contributed by atoms with Crippen molar-refractivity contribution in [3.05, 3.63) is 0 Å². The van der Waals surface area contributed by atoms with Gasteiger partial charge in [-0.05, 0) is 24.7 Å². The summed E-state index contributed by atoms with van der Waals surface area (Å²) >= 11 is 0. The lowest BCUT2D eigenvalue weighted by atomic mass is 10.0. The Hall–Kier alpha value is -0.530. The molecule has 0 aromatic rings. The number of unbranched alkanes of at least 4 members (excludes halogenated alkanes) is 5. The minimum atomic E-state index is 0.227. The van der Waals surface area contributed by atoms with E-state index < -0.39 is 0 Å². The molecule has 1 N–H and O–H groups in total. The van der Waals surface area contributed by atoms with Crippen molar-refractivity contribution in [1.82, 2.24) is 5.32 Å². The molecule has 0 atom stereocenters. The first kappa shape index (κ1) is 18.5. The van der Waals surface area contributed by atoms with Gasteiger partial charge in [-0.25, -0.2) is 0 Å². The standard InChI is InChI=1S/C17H35NO/c1-15(2)11-9-7-5-6-8-10-14-18-17(19)13-12-16(3)4/h15-16H,5-14H2,1-4H3,(H,18,19). The number of carbonyl (C=O) groups is 1. The van der Waals surface area contributed by atoms with E-state index in [1.54, 1.807) is 0 Å². The number of hydrogen-bond acceptors (Lipinski definition) is 1. The SMILES string of the molecule is CC(C)CCCCCCCCNC(=O)CCC(C)C. The Morgan fingerprint density at radius 1 is 0.789 bits per heavy atom. The van der Waals surface area contributed by atoms with Crippen LogP contribution in [0.3, 0.4) is 0 Å². The van der Waals surface area contributed by atoms with Crippen LogP contribution in [-0.4, -0.2) is 12.5 Å². The lowest BCUT2D eigenvalue weighted by Crippen LogP contribution is -2.24. The second kappa shape index (κ2) is 12.5. The third kappa shape index (κ3) is 15.4. The predicted octanol–water partition coefficient (Wildman–Crippen LogP) is 4.93. The van der Waals surface area contributed by atoms with Crippen molar-refractivity contribution < 1.29 is 4.79 Å². The Kier molecular flexibility index (Phi) is 12.2. The molecular weight excluding hydrogens is 234 g/mol. The Morgan fingerprint density at radius 2 is 1.32 bits per heavy atom. The summed E-state index contributed by atoms with van der Waals surface area (Å²) in [4.78, 5) is 11.5. The Morgan fingerprint density at radius 3 is 1.89 bits per heavy atom. The molecule has 0 heterocycles. The number of amides is 1. The highest BCUT2D eigenvalue weighted by Crippen LogP contribution is 2.11. The van der Waals surface area contributed by atoms with Crippen molar-refractivity contribution in [2.75, 3.05) is 6.54 Å². The van der Waals surface area contributed by atoms with Gasteiger partial charge in [-0.1, -0.05) is 66.2 Å². The highest BCUT2D eigenvalue weighted by molar-refractivity contribution is 5.75. The molecule has 2 nitrogen and oxygen atoms in total. The molecule has 0 aliphatic carbocycles. The molecule has 0 aliphatic rings. The number of carbonyl (C=O) groups excluding carboxylic acids is 1. The molecule has 0 saturated carbocycles. The van der Waals surface area contributed by atoms with E-state index in [2.05, 4.69) is 33.0 Å². The topological polar surface area (TPSA) is 29.1 Å². The van der Waals surface area contributed by atoms with Gasteiger partial charge in [0.25, 0.3) is 0 Å². The minimum Gasteiger partial charge on any atom is -0.356 e. The van der Waals surface area contributed by atoms with Crippen LogP contribution in [0.5, 0.6) is 0 Å². The zero-order valence-corrected chi connectivity index (χ0v) is 13.6. The van der Waals surface area contributed by atoms with Crippen LogP contribution in [0.25, 0.3) is 0 Å². The van der Waals surface area contributed by atoms with Gasteiger partial charge in [-0.15, -0.1) is 0 Å². The lowest BCUT2D eigenvalue weighted by molar-refractivity contribution is -0.121. The molecule has 0 aromatic heterocycles. The van der Waals surface area contributed by atoms with E-state index in [9.17, 15) is 4.79 Å². The van der Waals surface area contributed by atoms with Gasteiger partial charge in [-0.2, -0.15) is 0 Å². The van der Waals surface area contributed by atoms with Crippen LogP contribution in [0.1, 0.15) is 85.5 Å². The van der Waals surface area contributed by atoms with Gasteiger partial charge in [0.05, 0.1) is 0 Å². The smallest absolute Gasteiger partial charge is 0.220 e. The summed E-state index contributed by atoms with van der Waals surface area (Å²) in [5, 5.41) is 3.02. The highest BCUT2D eigenvalue weighted by atomic mass is 16.1. The molecule has 0 aromatic carbocycles. The van der Waals surface area contributed by atoms with Gasteiger partial charge in [0.15, 0.2) is 0 Å². The molecule has 0 aliphatic heterocycles. The van der Waals surface area contributed by atoms with Crippen molar-refractivity contribution in [3.8, 4) is 0 Å². The van der Waals surface area contributed by atoms with E-state index in [1.165, 1.54) is 38.5 Å². The third-order valence-electron chi connectivity index (χ3n) is 3.48. The monoisotopic (exact) mass is 269 g/mol.